The number of hydrogen-bond donors (Lipinski definition) is 2. The largest absolute Gasteiger partial charge is 0.322 e. The molecule has 4 aromatic rings. The highest BCUT2D eigenvalue weighted by molar-refractivity contribution is 6.04. The van der Waals surface area contributed by atoms with E-state index in [0.717, 1.165) is 29.0 Å². The van der Waals surface area contributed by atoms with E-state index >= 15 is 0 Å². The fourth-order valence-electron chi connectivity index (χ4n) is 3.43. The maximum absolute atomic E-state index is 12.7. The minimum atomic E-state index is -2.70. The van der Waals surface area contributed by atoms with Crippen LogP contribution in [0, 0.1) is 6.92 Å². The molecule has 2 N–H and O–H groups in total. The van der Waals surface area contributed by atoms with Gasteiger partial charge in [0.2, 0.25) is 5.91 Å². The van der Waals surface area contributed by atoms with Gasteiger partial charge in [-0.05, 0) is 61.0 Å². The minimum absolute atomic E-state index is 0.171. The number of amides is 2. The summed E-state index contributed by atoms with van der Waals surface area (Å²) in [5, 5.41) is 5.43. The van der Waals surface area contributed by atoms with Gasteiger partial charge in [-0.1, -0.05) is 12.1 Å². The first kappa shape index (κ1) is 23.6. The molecule has 0 atom stereocenters. The van der Waals surface area contributed by atoms with Gasteiger partial charge in [0.1, 0.15) is 11.5 Å². The van der Waals surface area contributed by atoms with Crippen molar-refractivity contribution in [2.75, 3.05) is 10.6 Å². The van der Waals surface area contributed by atoms with E-state index in [0.29, 0.717) is 22.9 Å². The molecule has 0 aliphatic heterocycles. The zero-order valence-corrected chi connectivity index (χ0v) is 18.9. The van der Waals surface area contributed by atoms with Gasteiger partial charge >= 0.3 is 0 Å². The first-order valence-corrected chi connectivity index (χ1v) is 10.7. The van der Waals surface area contributed by atoms with Crippen molar-refractivity contribution in [2.45, 2.75) is 20.3 Å². The van der Waals surface area contributed by atoms with Gasteiger partial charge in [0.25, 0.3) is 12.3 Å². The molecule has 0 aliphatic carbocycles. The maximum atomic E-state index is 12.7. The molecule has 0 bridgehead atoms. The lowest BCUT2D eigenvalue weighted by Gasteiger charge is -2.12. The highest BCUT2D eigenvalue weighted by atomic mass is 19.3. The predicted octanol–water partition coefficient (Wildman–Crippen LogP) is 5.66. The Morgan fingerprint density at radius 1 is 0.914 bits per heavy atom. The van der Waals surface area contributed by atoms with Crippen molar-refractivity contribution in [3.8, 4) is 22.5 Å². The second kappa shape index (κ2) is 10.2. The van der Waals surface area contributed by atoms with Crippen LogP contribution in [0.5, 0.6) is 0 Å². The lowest BCUT2D eigenvalue weighted by molar-refractivity contribution is -0.114. The number of benzene rings is 1. The van der Waals surface area contributed by atoms with Crippen molar-refractivity contribution in [3.05, 3.63) is 89.9 Å². The van der Waals surface area contributed by atoms with E-state index in [1.54, 1.807) is 30.5 Å². The second-order valence-electron chi connectivity index (χ2n) is 7.78. The van der Waals surface area contributed by atoms with E-state index in [1.807, 2.05) is 31.2 Å². The number of aryl methyl sites for hydroxylation is 1. The molecule has 9 heteroatoms. The molecule has 0 saturated heterocycles. The Labute approximate surface area is 200 Å². The molecule has 0 fully saturated rings. The number of nitrogens with one attached hydrogen (secondary N) is 2. The van der Waals surface area contributed by atoms with Gasteiger partial charge in [-0.3, -0.25) is 14.6 Å². The van der Waals surface area contributed by atoms with Gasteiger partial charge < -0.3 is 10.6 Å². The van der Waals surface area contributed by atoms with Crippen LogP contribution in [0.2, 0.25) is 0 Å². The smallest absolute Gasteiger partial charge is 0.280 e. The molecule has 4 rings (SSSR count). The molecular weight excluding hydrogens is 452 g/mol. The summed E-state index contributed by atoms with van der Waals surface area (Å²) in [5.41, 5.74) is 4.24. The zero-order chi connectivity index (χ0) is 24.9. The van der Waals surface area contributed by atoms with Gasteiger partial charge in [-0.2, -0.15) is 0 Å². The standard InChI is InChI=1S/C26H21F2N5O2/c1-15-6-8-19(32-26(35)18-7-9-23(25(27)28)30-14-18)13-20(15)22-5-3-4-21(33-22)17-10-11-29-24(12-17)31-16(2)34/h3-14,25H,1-2H3,(H,32,35)(H,29,31,34). The topological polar surface area (TPSA) is 96.9 Å². The highest BCUT2D eigenvalue weighted by Crippen LogP contribution is 2.28. The molecule has 0 aliphatic rings. The van der Waals surface area contributed by atoms with Crippen molar-refractivity contribution >= 4 is 23.3 Å². The number of anilines is 2. The molecule has 176 valence electrons. The zero-order valence-electron chi connectivity index (χ0n) is 18.9. The van der Waals surface area contributed by atoms with Gasteiger partial charge in [0.15, 0.2) is 0 Å². The van der Waals surface area contributed by atoms with Crippen LogP contribution in [-0.2, 0) is 4.79 Å². The summed E-state index contributed by atoms with van der Waals surface area (Å²) in [5.74, 6) is -0.247. The summed E-state index contributed by atoms with van der Waals surface area (Å²) in [6, 6.07) is 17.0. The lowest BCUT2D eigenvalue weighted by atomic mass is 10.0. The van der Waals surface area contributed by atoms with E-state index in [-0.39, 0.29) is 17.2 Å². The monoisotopic (exact) mass is 473 g/mol. The number of rotatable bonds is 6. The molecule has 0 unspecified atom stereocenters. The van der Waals surface area contributed by atoms with Crippen LogP contribution in [0.1, 0.15) is 35.0 Å². The maximum Gasteiger partial charge on any atom is 0.280 e. The Bertz CT molecular complexity index is 1390. The van der Waals surface area contributed by atoms with Crippen LogP contribution < -0.4 is 10.6 Å². The van der Waals surface area contributed by atoms with Crippen molar-refractivity contribution in [3.63, 3.8) is 0 Å². The summed E-state index contributed by atoms with van der Waals surface area (Å²) < 4.78 is 25.4. The number of carbonyl (C=O) groups is 2. The summed E-state index contributed by atoms with van der Waals surface area (Å²) >= 11 is 0. The van der Waals surface area contributed by atoms with Crippen molar-refractivity contribution in [2.24, 2.45) is 0 Å². The van der Waals surface area contributed by atoms with Gasteiger partial charge in [0, 0.05) is 36.1 Å². The molecule has 3 aromatic heterocycles. The molecule has 0 spiro atoms. The third-order valence-electron chi connectivity index (χ3n) is 5.15. The third-order valence-corrected chi connectivity index (χ3v) is 5.15. The Kier molecular flexibility index (Phi) is 6.86. The molecule has 3 heterocycles. The summed E-state index contributed by atoms with van der Waals surface area (Å²) in [6.07, 6.45) is 0.0270. The Hall–Kier alpha value is -4.53. The predicted molar refractivity (Wildman–Crippen MR) is 129 cm³/mol. The summed E-state index contributed by atoms with van der Waals surface area (Å²) in [7, 11) is 0. The SMILES string of the molecule is CC(=O)Nc1cc(-c2cccc(-c3cc(NC(=O)c4ccc(C(F)F)nc4)ccc3C)n2)ccn1. The van der Waals surface area contributed by atoms with E-state index in [2.05, 4.69) is 20.6 Å². The number of hydrogen-bond acceptors (Lipinski definition) is 5. The molecule has 0 saturated carbocycles. The minimum Gasteiger partial charge on any atom is -0.322 e. The Balaban J connectivity index is 1.59. The molecule has 7 nitrogen and oxygen atoms in total. The number of carbonyl (C=O) groups excluding carboxylic acids is 2. The van der Waals surface area contributed by atoms with Crippen LogP contribution in [0.4, 0.5) is 20.3 Å². The van der Waals surface area contributed by atoms with Crippen LogP contribution in [0.15, 0.2) is 73.1 Å². The van der Waals surface area contributed by atoms with Gasteiger partial charge in [-0.15, -0.1) is 0 Å². The van der Waals surface area contributed by atoms with E-state index < -0.39 is 12.3 Å². The van der Waals surface area contributed by atoms with Crippen LogP contribution in [-0.4, -0.2) is 26.8 Å². The molecule has 35 heavy (non-hydrogen) atoms. The lowest BCUT2D eigenvalue weighted by Crippen LogP contribution is -2.12. The molecular formula is C26H21F2N5O2. The third kappa shape index (κ3) is 5.70. The van der Waals surface area contributed by atoms with Crippen LogP contribution in [0.3, 0.4) is 0 Å². The van der Waals surface area contributed by atoms with Crippen molar-refractivity contribution in [1.29, 1.82) is 0 Å². The second-order valence-corrected chi connectivity index (χ2v) is 7.78. The molecule has 2 amide bonds. The number of alkyl halides is 2. The first-order valence-electron chi connectivity index (χ1n) is 10.7. The first-order chi connectivity index (χ1) is 16.8. The van der Waals surface area contributed by atoms with Crippen LogP contribution in [0.25, 0.3) is 22.5 Å². The Morgan fingerprint density at radius 2 is 1.71 bits per heavy atom. The molecule has 0 radical (unpaired) electrons. The van der Waals surface area contributed by atoms with Gasteiger partial charge in [0.05, 0.1) is 17.0 Å². The quantitative estimate of drug-likeness (QED) is 0.377. The van der Waals surface area contributed by atoms with Crippen molar-refractivity contribution < 1.29 is 18.4 Å². The fraction of sp³-hybridized carbons (Fsp3) is 0.115. The average Bonchev–Trinajstić information content (AvgIpc) is 2.85. The number of pyridine rings is 3. The normalized spacial score (nSPS) is 10.8. The van der Waals surface area contributed by atoms with Crippen LogP contribution >= 0.6 is 0 Å². The molecule has 1 aromatic carbocycles. The average molecular weight is 473 g/mol. The summed E-state index contributed by atoms with van der Waals surface area (Å²) in [4.78, 5) is 36.5. The summed E-state index contributed by atoms with van der Waals surface area (Å²) in [6.45, 7) is 3.35. The number of aromatic nitrogens is 3. The number of halogens is 2. The van der Waals surface area contributed by atoms with Crippen molar-refractivity contribution in [1.82, 2.24) is 15.0 Å². The highest BCUT2D eigenvalue weighted by Gasteiger charge is 2.13. The number of nitrogens with zero attached hydrogens (tertiary/aromatic N) is 3. The Morgan fingerprint density at radius 3 is 2.43 bits per heavy atom. The van der Waals surface area contributed by atoms with E-state index in [1.165, 1.54) is 13.0 Å². The fourth-order valence-corrected chi connectivity index (χ4v) is 3.43. The van der Waals surface area contributed by atoms with E-state index in [9.17, 15) is 18.4 Å². The van der Waals surface area contributed by atoms with Gasteiger partial charge in [-0.25, -0.2) is 18.7 Å². The van der Waals surface area contributed by atoms with E-state index in [4.69, 9.17) is 4.98 Å².